The van der Waals surface area contributed by atoms with Crippen LogP contribution in [0.1, 0.15) is 39.7 Å². The summed E-state index contributed by atoms with van der Waals surface area (Å²) in [6, 6.07) is 7.55. The van der Waals surface area contributed by atoms with Gasteiger partial charge in [-0.2, -0.15) is 0 Å². The minimum absolute atomic E-state index is 0.141. The number of halogens is 1. The fraction of sp³-hybridized carbons (Fsp3) is 0.600. The molecule has 0 saturated carbocycles. The van der Waals surface area contributed by atoms with Gasteiger partial charge < -0.3 is 19.8 Å². The van der Waals surface area contributed by atoms with Crippen molar-refractivity contribution < 1.29 is 18.4 Å². The lowest BCUT2D eigenvalue weighted by Gasteiger charge is -2.32. The molecule has 3 rings (SSSR count). The molecule has 1 aromatic rings. The van der Waals surface area contributed by atoms with Gasteiger partial charge in [-0.25, -0.2) is 4.39 Å². The summed E-state index contributed by atoms with van der Waals surface area (Å²) < 4.78 is 32.7. The summed E-state index contributed by atoms with van der Waals surface area (Å²) in [6.07, 6.45) is 0.925. The zero-order valence-corrected chi connectivity index (χ0v) is 16.9. The number of benzene rings is 1. The fourth-order valence-electron chi connectivity index (χ4n) is 3.42. The number of nitrogens with zero attached hydrogens (tertiary/aromatic N) is 1. The Balaban J connectivity index is 1.93. The van der Waals surface area contributed by atoms with Gasteiger partial charge in [-0.1, -0.05) is 12.1 Å². The Morgan fingerprint density at radius 3 is 2.30 bits per heavy atom. The number of hydrogen-bond donors (Lipinski definition) is 1. The summed E-state index contributed by atoms with van der Waals surface area (Å²) in [4.78, 5) is 2.18. The van der Waals surface area contributed by atoms with Gasteiger partial charge in [0.2, 0.25) is 0 Å². The van der Waals surface area contributed by atoms with Crippen LogP contribution in [0.5, 0.6) is 5.75 Å². The first-order valence-corrected chi connectivity index (χ1v) is 9.49. The third-order valence-corrected chi connectivity index (χ3v) is 5.88. The van der Waals surface area contributed by atoms with Crippen molar-refractivity contribution in [3.8, 4) is 5.75 Å². The molecule has 1 unspecified atom stereocenters. The van der Waals surface area contributed by atoms with Crippen molar-refractivity contribution in [2.75, 3.05) is 26.7 Å². The molecule has 0 bridgehead atoms. The summed E-state index contributed by atoms with van der Waals surface area (Å²) >= 11 is 0. The van der Waals surface area contributed by atoms with E-state index in [-0.39, 0.29) is 11.8 Å². The molecule has 0 radical (unpaired) electrons. The minimum atomic E-state index is -1.01. The van der Waals surface area contributed by atoms with E-state index in [1.807, 2.05) is 52.0 Å². The van der Waals surface area contributed by atoms with Crippen LogP contribution in [0.4, 0.5) is 4.39 Å². The molecule has 2 N–H and O–H groups in total. The van der Waals surface area contributed by atoms with Crippen molar-refractivity contribution in [1.82, 2.24) is 4.90 Å². The predicted octanol–water partition coefficient (Wildman–Crippen LogP) is 3.04. The van der Waals surface area contributed by atoms with E-state index in [0.29, 0.717) is 12.1 Å². The first-order chi connectivity index (χ1) is 12.6. The van der Waals surface area contributed by atoms with Crippen LogP contribution < -0.4 is 10.5 Å². The highest BCUT2D eigenvalue weighted by molar-refractivity contribution is 6.55. The predicted molar refractivity (Wildman–Crippen MR) is 106 cm³/mol. The van der Waals surface area contributed by atoms with Gasteiger partial charge >= 0.3 is 7.12 Å². The summed E-state index contributed by atoms with van der Waals surface area (Å²) in [7, 11) is 0.603. The third kappa shape index (κ3) is 4.21. The number of nitrogens with two attached hydrogens (primary N) is 1. The molecule has 2 aliphatic heterocycles. The van der Waals surface area contributed by atoms with E-state index in [1.54, 1.807) is 7.11 Å². The standard InChI is InChI=1S/C20H30BFN2O3/c1-19(2)20(3,4)27-21(26-19)18(22)17(13-24-11-10-15(23)12-24)14-6-8-16(25-5)9-7-14/h6-9,15H,10-13,23H2,1-5H3. The van der Waals surface area contributed by atoms with Gasteiger partial charge in [0.1, 0.15) is 11.5 Å². The third-order valence-electron chi connectivity index (χ3n) is 5.88. The van der Waals surface area contributed by atoms with E-state index >= 15 is 4.39 Å². The SMILES string of the molecule is COc1ccc(C(CN2CCC(N)C2)=C(F)B2OC(C)(C)C(C)(C)O2)cc1. The highest BCUT2D eigenvalue weighted by atomic mass is 19.1. The van der Waals surface area contributed by atoms with Crippen LogP contribution in [-0.4, -0.2) is 56.0 Å². The molecule has 0 amide bonds. The quantitative estimate of drug-likeness (QED) is 0.801. The Morgan fingerprint density at radius 2 is 1.81 bits per heavy atom. The lowest BCUT2D eigenvalue weighted by molar-refractivity contribution is 0.00578. The second kappa shape index (κ2) is 7.55. The van der Waals surface area contributed by atoms with Crippen molar-refractivity contribution in [1.29, 1.82) is 0 Å². The first-order valence-electron chi connectivity index (χ1n) is 9.49. The lowest BCUT2D eigenvalue weighted by Crippen LogP contribution is -2.41. The van der Waals surface area contributed by atoms with E-state index in [9.17, 15) is 0 Å². The van der Waals surface area contributed by atoms with E-state index < -0.39 is 18.3 Å². The normalized spacial score (nSPS) is 25.6. The molecule has 1 atom stereocenters. The summed E-state index contributed by atoms with van der Waals surface area (Å²) in [5.41, 5.74) is 5.85. The van der Waals surface area contributed by atoms with Gasteiger partial charge in [0, 0.05) is 31.2 Å². The molecule has 1 aromatic carbocycles. The van der Waals surface area contributed by atoms with Crippen LogP contribution in [0.2, 0.25) is 0 Å². The van der Waals surface area contributed by atoms with Crippen molar-refractivity contribution in [3.63, 3.8) is 0 Å². The molecule has 148 valence electrons. The average Bonchev–Trinajstić information content (AvgIpc) is 3.12. The number of likely N-dealkylation sites (tertiary alicyclic amines) is 1. The van der Waals surface area contributed by atoms with Gasteiger partial charge in [-0.3, -0.25) is 4.90 Å². The molecular formula is C20H30BFN2O3. The van der Waals surface area contributed by atoms with E-state index in [4.69, 9.17) is 19.8 Å². The lowest BCUT2D eigenvalue weighted by atomic mass is 9.82. The van der Waals surface area contributed by atoms with Crippen molar-refractivity contribution in [2.24, 2.45) is 5.73 Å². The Labute approximate surface area is 161 Å². The van der Waals surface area contributed by atoms with Crippen LogP contribution in [0.25, 0.3) is 5.57 Å². The van der Waals surface area contributed by atoms with E-state index in [2.05, 4.69) is 4.90 Å². The van der Waals surface area contributed by atoms with Crippen molar-refractivity contribution in [3.05, 3.63) is 35.6 Å². The number of rotatable bonds is 5. The maximum atomic E-state index is 15.6. The molecule has 5 nitrogen and oxygen atoms in total. The number of methoxy groups -OCH3 is 1. The Kier molecular flexibility index (Phi) is 5.68. The molecular weight excluding hydrogens is 346 g/mol. The number of ether oxygens (including phenoxy) is 1. The molecule has 7 heteroatoms. The average molecular weight is 376 g/mol. The maximum Gasteiger partial charge on any atom is 0.525 e. The Hall–Kier alpha value is -1.41. The van der Waals surface area contributed by atoms with Crippen molar-refractivity contribution >= 4 is 12.7 Å². The summed E-state index contributed by atoms with van der Waals surface area (Å²) in [5.74, 6) is 0.734. The second-order valence-corrected chi connectivity index (χ2v) is 8.43. The fourth-order valence-corrected chi connectivity index (χ4v) is 3.42. The Morgan fingerprint density at radius 1 is 1.22 bits per heavy atom. The van der Waals surface area contributed by atoms with Gasteiger partial charge in [0.05, 0.1) is 18.3 Å². The highest BCUT2D eigenvalue weighted by Gasteiger charge is 2.53. The molecule has 27 heavy (non-hydrogen) atoms. The maximum absolute atomic E-state index is 15.6. The van der Waals surface area contributed by atoms with Crippen LogP contribution in [0.15, 0.2) is 30.0 Å². The summed E-state index contributed by atoms with van der Waals surface area (Å²) in [6.45, 7) is 9.78. The largest absolute Gasteiger partial charge is 0.525 e. The van der Waals surface area contributed by atoms with Crippen LogP contribution in [0.3, 0.4) is 0 Å². The molecule has 2 fully saturated rings. The first kappa shape index (κ1) is 20.3. The minimum Gasteiger partial charge on any atom is -0.497 e. The topological polar surface area (TPSA) is 57.0 Å². The van der Waals surface area contributed by atoms with Crippen LogP contribution in [-0.2, 0) is 9.31 Å². The zero-order chi connectivity index (χ0) is 19.8. The van der Waals surface area contributed by atoms with Crippen molar-refractivity contribution in [2.45, 2.75) is 51.4 Å². The zero-order valence-electron chi connectivity index (χ0n) is 16.9. The smallest absolute Gasteiger partial charge is 0.497 e. The molecule has 2 saturated heterocycles. The van der Waals surface area contributed by atoms with Gasteiger partial charge in [-0.05, 0) is 51.8 Å². The van der Waals surface area contributed by atoms with Gasteiger partial charge in [0.15, 0.2) is 0 Å². The highest BCUT2D eigenvalue weighted by Crippen LogP contribution is 2.40. The summed E-state index contributed by atoms with van der Waals surface area (Å²) in [5, 5.41) is 0. The molecule has 2 heterocycles. The molecule has 2 aliphatic rings. The molecule has 0 aromatic heterocycles. The Bertz CT molecular complexity index is 690. The number of hydrogen-bond acceptors (Lipinski definition) is 5. The van der Waals surface area contributed by atoms with E-state index in [0.717, 1.165) is 30.8 Å². The van der Waals surface area contributed by atoms with Gasteiger partial charge in [0.25, 0.3) is 0 Å². The molecule has 0 aliphatic carbocycles. The van der Waals surface area contributed by atoms with E-state index in [1.165, 1.54) is 0 Å². The van der Waals surface area contributed by atoms with Crippen LogP contribution in [0, 0.1) is 0 Å². The molecule has 0 spiro atoms. The van der Waals surface area contributed by atoms with Gasteiger partial charge in [-0.15, -0.1) is 0 Å². The second-order valence-electron chi connectivity index (χ2n) is 8.43. The van der Waals surface area contributed by atoms with Crippen LogP contribution >= 0.6 is 0 Å². The monoisotopic (exact) mass is 376 g/mol.